The number of nitrogens with zero attached hydrogens (tertiary/aromatic N) is 1. The molecule has 0 radical (unpaired) electrons. The van der Waals surface area contributed by atoms with Crippen LogP contribution >= 0.6 is 34.8 Å². The van der Waals surface area contributed by atoms with Crippen molar-refractivity contribution in [3.05, 3.63) is 51.0 Å². The third-order valence-electron chi connectivity index (χ3n) is 2.64. The van der Waals surface area contributed by atoms with Crippen LogP contribution in [-0.2, 0) is 0 Å². The minimum atomic E-state index is -0.00106. The molecule has 0 spiro atoms. The number of para-hydroxylation sites is 1. The first kappa shape index (κ1) is 15.8. The van der Waals surface area contributed by atoms with Gasteiger partial charge in [0.05, 0.1) is 29.1 Å². The Morgan fingerprint density at radius 2 is 1.86 bits per heavy atom. The quantitative estimate of drug-likeness (QED) is 0.618. The van der Waals surface area contributed by atoms with Crippen LogP contribution in [-0.4, -0.2) is 18.4 Å². The van der Waals surface area contributed by atoms with Crippen LogP contribution in [0, 0.1) is 0 Å². The number of halogens is 3. The summed E-state index contributed by atoms with van der Waals surface area (Å²) in [4.78, 5) is 0. The van der Waals surface area contributed by atoms with E-state index in [4.69, 9.17) is 39.5 Å². The van der Waals surface area contributed by atoms with Gasteiger partial charge in [-0.25, -0.2) is 0 Å². The molecule has 0 aliphatic carbocycles. The molecule has 21 heavy (non-hydrogen) atoms. The monoisotopic (exact) mass is 344 g/mol. The van der Waals surface area contributed by atoms with E-state index in [1.807, 2.05) is 0 Å². The number of benzene rings is 2. The van der Waals surface area contributed by atoms with Crippen LogP contribution in [0.2, 0.25) is 15.1 Å². The summed E-state index contributed by atoms with van der Waals surface area (Å²) in [5.41, 5.74) is 3.64. The Kier molecular flexibility index (Phi) is 5.17. The van der Waals surface area contributed by atoms with Crippen molar-refractivity contribution in [2.45, 2.75) is 0 Å². The molecule has 110 valence electrons. The molecule has 0 fully saturated rings. The lowest BCUT2D eigenvalue weighted by Crippen LogP contribution is -1.94. The highest BCUT2D eigenvalue weighted by Crippen LogP contribution is 2.33. The molecule has 4 nitrogen and oxygen atoms in total. The Balaban J connectivity index is 2.21. The maximum Gasteiger partial charge on any atom is 0.166 e. The fourth-order valence-electron chi connectivity index (χ4n) is 1.62. The first-order valence-electron chi connectivity index (χ1n) is 5.82. The second-order valence-corrected chi connectivity index (χ2v) is 5.26. The highest BCUT2D eigenvalue weighted by atomic mass is 35.5. The van der Waals surface area contributed by atoms with E-state index in [1.54, 1.807) is 30.3 Å². The molecule has 2 rings (SSSR count). The lowest BCUT2D eigenvalue weighted by Gasteiger charge is -2.07. The van der Waals surface area contributed by atoms with Gasteiger partial charge < -0.3 is 9.84 Å². The standard InChI is InChI=1S/C14H11Cl3N2O2/c1-21-12-4-2-3-8(14(12)20)7-18-19-13-10(16)5-9(15)6-11(13)17/h2-7,19-20H,1H3/b18-7+. The smallest absolute Gasteiger partial charge is 0.166 e. The third kappa shape index (κ3) is 3.73. The van der Waals surface area contributed by atoms with Crippen molar-refractivity contribution in [1.29, 1.82) is 0 Å². The number of hydrogen-bond donors (Lipinski definition) is 2. The third-order valence-corrected chi connectivity index (χ3v) is 3.45. The predicted octanol–water partition coefficient (Wildman–Crippen LogP) is 4.81. The Morgan fingerprint density at radius 3 is 2.48 bits per heavy atom. The van der Waals surface area contributed by atoms with Gasteiger partial charge in [-0.2, -0.15) is 5.10 Å². The summed E-state index contributed by atoms with van der Waals surface area (Å²) < 4.78 is 5.01. The zero-order valence-corrected chi connectivity index (χ0v) is 13.2. The summed E-state index contributed by atoms with van der Waals surface area (Å²) in [6, 6.07) is 8.18. The van der Waals surface area contributed by atoms with E-state index in [0.717, 1.165) is 0 Å². The van der Waals surface area contributed by atoms with Crippen molar-refractivity contribution in [2.24, 2.45) is 5.10 Å². The summed E-state index contributed by atoms with van der Waals surface area (Å²) >= 11 is 17.9. The van der Waals surface area contributed by atoms with Gasteiger partial charge in [0, 0.05) is 10.6 Å². The molecular weight excluding hydrogens is 335 g/mol. The SMILES string of the molecule is COc1cccc(/C=N/Nc2c(Cl)cc(Cl)cc2Cl)c1O. The summed E-state index contributed by atoms with van der Waals surface area (Å²) in [6.45, 7) is 0. The van der Waals surface area contributed by atoms with Crippen LogP contribution in [0.3, 0.4) is 0 Å². The average molecular weight is 346 g/mol. The van der Waals surface area contributed by atoms with Gasteiger partial charge in [-0.05, 0) is 24.3 Å². The number of phenolic OH excluding ortho intramolecular Hbond substituents is 1. The van der Waals surface area contributed by atoms with Gasteiger partial charge in [-0.15, -0.1) is 0 Å². The summed E-state index contributed by atoms with van der Waals surface area (Å²) in [7, 11) is 1.47. The molecular formula is C14H11Cl3N2O2. The average Bonchev–Trinajstić information content (AvgIpc) is 2.43. The number of nitrogens with one attached hydrogen (secondary N) is 1. The van der Waals surface area contributed by atoms with Crippen LogP contribution < -0.4 is 10.2 Å². The van der Waals surface area contributed by atoms with Gasteiger partial charge in [0.15, 0.2) is 11.5 Å². The minimum Gasteiger partial charge on any atom is -0.504 e. The number of methoxy groups -OCH3 is 1. The highest BCUT2D eigenvalue weighted by molar-refractivity contribution is 6.41. The number of ether oxygens (including phenoxy) is 1. The number of phenols is 1. The molecule has 2 aromatic rings. The normalized spacial score (nSPS) is 10.9. The van der Waals surface area contributed by atoms with E-state index in [9.17, 15) is 5.11 Å². The Labute approximate surface area is 136 Å². The van der Waals surface area contributed by atoms with E-state index in [2.05, 4.69) is 10.5 Å². The van der Waals surface area contributed by atoms with Gasteiger partial charge in [0.1, 0.15) is 0 Å². The first-order valence-corrected chi connectivity index (χ1v) is 6.96. The largest absolute Gasteiger partial charge is 0.504 e. The summed E-state index contributed by atoms with van der Waals surface area (Å²) in [6.07, 6.45) is 1.43. The molecule has 0 bridgehead atoms. The molecule has 0 heterocycles. The Hall–Kier alpha value is -1.62. The molecule has 0 unspecified atom stereocenters. The van der Waals surface area contributed by atoms with Gasteiger partial charge in [0.25, 0.3) is 0 Å². The zero-order chi connectivity index (χ0) is 15.4. The van der Waals surface area contributed by atoms with Gasteiger partial charge in [-0.1, -0.05) is 40.9 Å². The van der Waals surface area contributed by atoms with Gasteiger partial charge >= 0.3 is 0 Å². The van der Waals surface area contributed by atoms with Crippen LogP contribution in [0.4, 0.5) is 5.69 Å². The van der Waals surface area contributed by atoms with Crippen molar-refractivity contribution in [3.8, 4) is 11.5 Å². The number of hydrazone groups is 1. The van der Waals surface area contributed by atoms with E-state index in [-0.39, 0.29) is 5.75 Å². The first-order chi connectivity index (χ1) is 10.0. The van der Waals surface area contributed by atoms with Crippen molar-refractivity contribution >= 4 is 46.7 Å². The second-order valence-electron chi connectivity index (χ2n) is 4.01. The van der Waals surface area contributed by atoms with E-state index < -0.39 is 0 Å². The fraction of sp³-hybridized carbons (Fsp3) is 0.0714. The molecule has 0 aromatic heterocycles. The van der Waals surface area contributed by atoms with Crippen LogP contribution in [0.15, 0.2) is 35.4 Å². The highest BCUT2D eigenvalue weighted by Gasteiger charge is 2.07. The van der Waals surface area contributed by atoms with Crippen LogP contribution in [0.1, 0.15) is 5.56 Å². The fourth-order valence-corrected chi connectivity index (χ4v) is 2.53. The molecule has 7 heteroatoms. The van der Waals surface area contributed by atoms with Crippen LogP contribution in [0.5, 0.6) is 11.5 Å². The second kappa shape index (κ2) is 6.89. The Bertz CT molecular complexity index is 667. The number of rotatable bonds is 4. The number of aromatic hydroxyl groups is 1. The van der Waals surface area contributed by atoms with Crippen molar-refractivity contribution in [2.75, 3.05) is 12.5 Å². The van der Waals surface area contributed by atoms with Crippen LogP contribution in [0.25, 0.3) is 0 Å². The maximum atomic E-state index is 9.92. The zero-order valence-electron chi connectivity index (χ0n) is 10.9. The Morgan fingerprint density at radius 1 is 1.19 bits per heavy atom. The predicted molar refractivity (Wildman–Crippen MR) is 87.3 cm³/mol. The lowest BCUT2D eigenvalue weighted by atomic mass is 10.2. The van der Waals surface area contributed by atoms with Crippen molar-refractivity contribution in [1.82, 2.24) is 0 Å². The number of anilines is 1. The number of hydrogen-bond acceptors (Lipinski definition) is 4. The van der Waals surface area contributed by atoms with Crippen molar-refractivity contribution < 1.29 is 9.84 Å². The molecule has 0 aliphatic rings. The summed E-state index contributed by atoms with van der Waals surface area (Å²) in [5.74, 6) is 0.361. The van der Waals surface area contributed by atoms with Gasteiger partial charge in [0.2, 0.25) is 0 Å². The molecule has 0 aliphatic heterocycles. The molecule has 0 saturated heterocycles. The maximum absolute atomic E-state index is 9.92. The van der Waals surface area contributed by atoms with E-state index >= 15 is 0 Å². The van der Waals surface area contributed by atoms with Crippen molar-refractivity contribution in [3.63, 3.8) is 0 Å². The molecule has 2 aromatic carbocycles. The summed E-state index contributed by atoms with van der Waals surface area (Å²) in [5, 5.41) is 15.0. The van der Waals surface area contributed by atoms with Gasteiger partial charge in [-0.3, -0.25) is 5.43 Å². The van der Waals surface area contributed by atoms with E-state index in [1.165, 1.54) is 13.3 Å². The topological polar surface area (TPSA) is 53.8 Å². The molecule has 2 N–H and O–H groups in total. The van der Waals surface area contributed by atoms with E-state index in [0.29, 0.717) is 32.1 Å². The molecule has 0 atom stereocenters. The molecule has 0 saturated carbocycles. The molecule has 0 amide bonds. The lowest BCUT2D eigenvalue weighted by molar-refractivity contribution is 0.373. The minimum absolute atomic E-state index is 0.00106.